The van der Waals surface area contributed by atoms with Crippen LogP contribution in [0.1, 0.15) is 22.3 Å². The fourth-order valence-electron chi connectivity index (χ4n) is 2.87. The summed E-state index contributed by atoms with van der Waals surface area (Å²) in [5.74, 6) is 0.537. The molecule has 32 heavy (non-hydrogen) atoms. The Morgan fingerprint density at radius 3 is 2.56 bits per heavy atom. The molecule has 3 rings (SSSR count). The van der Waals surface area contributed by atoms with Crippen molar-refractivity contribution in [1.29, 1.82) is 0 Å². The highest BCUT2D eigenvalue weighted by atomic mass is 32.2. The van der Waals surface area contributed by atoms with E-state index in [9.17, 15) is 14.7 Å². The average Bonchev–Trinajstić information content (AvgIpc) is 2.81. The van der Waals surface area contributed by atoms with Gasteiger partial charge in [-0.2, -0.15) is 11.8 Å². The molecule has 1 amide bonds. The van der Waals surface area contributed by atoms with Crippen LogP contribution in [0.25, 0.3) is 0 Å². The van der Waals surface area contributed by atoms with Crippen LogP contribution in [-0.4, -0.2) is 40.0 Å². The topological polar surface area (TPSA) is 97.8 Å². The van der Waals surface area contributed by atoms with Crippen LogP contribution in [-0.2, 0) is 11.4 Å². The molecule has 0 saturated heterocycles. The van der Waals surface area contributed by atoms with E-state index in [4.69, 9.17) is 9.47 Å². The molecule has 0 aliphatic carbocycles. The average molecular weight is 453 g/mol. The van der Waals surface area contributed by atoms with E-state index in [0.29, 0.717) is 29.4 Å². The number of para-hydroxylation sites is 1. The lowest BCUT2D eigenvalue weighted by molar-refractivity contribution is -0.139. The van der Waals surface area contributed by atoms with Crippen molar-refractivity contribution >= 4 is 23.6 Å². The third kappa shape index (κ3) is 6.75. The van der Waals surface area contributed by atoms with Gasteiger partial charge in [-0.1, -0.05) is 24.3 Å². The molecule has 1 heterocycles. The highest BCUT2D eigenvalue weighted by Gasteiger charge is 2.22. The Hall–Kier alpha value is -3.52. The Morgan fingerprint density at radius 1 is 1.09 bits per heavy atom. The van der Waals surface area contributed by atoms with Crippen molar-refractivity contribution in [2.45, 2.75) is 19.1 Å². The first kappa shape index (κ1) is 23.1. The molecular formula is C24H24N2O5S. The number of hydrogen-bond acceptors (Lipinski definition) is 6. The second-order valence-corrected chi connectivity index (χ2v) is 7.85. The van der Waals surface area contributed by atoms with Crippen LogP contribution in [0.2, 0.25) is 0 Å². The standard InChI is InChI=1S/C24H24N2O5S/c1-32-13-11-21(24(28)29)26-23(27)20-10-9-17(16-30-19-8-5-12-25-15-19)14-22(20)31-18-6-3-2-4-7-18/h2-10,12,14-15,21H,11,13,16H2,1H3,(H,26,27)(H,28,29)/t21-/m0/s1. The van der Waals surface area contributed by atoms with E-state index in [1.807, 2.05) is 24.5 Å². The maximum absolute atomic E-state index is 12.9. The minimum Gasteiger partial charge on any atom is -0.487 e. The Bertz CT molecular complexity index is 1030. The Morgan fingerprint density at radius 2 is 1.88 bits per heavy atom. The molecular weight excluding hydrogens is 428 g/mol. The Labute approximate surface area is 190 Å². The molecule has 0 radical (unpaired) electrons. The maximum atomic E-state index is 12.9. The number of carbonyl (C=O) groups excluding carboxylic acids is 1. The zero-order chi connectivity index (χ0) is 22.8. The van der Waals surface area contributed by atoms with E-state index in [1.54, 1.807) is 54.9 Å². The maximum Gasteiger partial charge on any atom is 0.326 e. The Balaban J connectivity index is 1.82. The molecule has 3 aromatic rings. The summed E-state index contributed by atoms with van der Waals surface area (Å²) < 4.78 is 11.7. The van der Waals surface area contributed by atoms with E-state index in [0.717, 1.165) is 5.56 Å². The highest BCUT2D eigenvalue weighted by Crippen LogP contribution is 2.27. The summed E-state index contributed by atoms with van der Waals surface area (Å²) in [5.41, 5.74) is 1.03. The van der Waals surface area contributed by atoms with Crippen LogP contribution in [0.3, 0.4) is 0 Å². The fraction of sp³-hybridized carbons (Fsp3) is 0.208. The van der Waals surface area contributed by atoms with Gasteiger partial charge >= 0.3 is 5.97 Å². The number of pyridine rings is 1. The van der Waals surface area contributed by atoms with E-state index >= 15 is 0 Å². The number of thioether (sulfide) groups is 1. The molecule has 0 aliphatic heterocycles. The van der Waals surface area contributed by atoms with Crippen LogP contribution in [0.4, 0.5) is 0 Å². The van der Waals surface area contributed by atoms with Crippen LogP contribution < -0.4 is 14.8 Å². The first-order chi connectivity index (χ1) is 15.6. The Kier molecular flexibility index (Phi) is 8.51. The number of ether oxygens (including phenoxy) is 2. The van der Waals surface area contributed by atoms with Gasteiger partial charge in [0.25, 0.3) is 5.91 Å². The quantitative estimate of drug-likeness (QED) is 0.445. The third-order valence-electron chi connectivity index (χ3n) is 4.52. The number of aromatic nitrogens is 1. The van der Waals surface area contributed by atoms with E-state index in [1.165, 1.54) is 11.8 Å². The molecule has 0 aliphatic rings. The number of benzene rings is 2. The molecule has 1 aromatic heterocycles. The second-order valence-electron chi connectivity index (χ2n) is 6.87. The number of amides is 1. The summed E-state index contributed by atoms with van der Waals surface area (Å²) in [6.45, 7) is 0.254. The summed E-state index contributed by atoms with van der Waals surface area (Å²) in [7, 11) is 0. The van der Waals surface area contributed by atoms with Crippen molar-refractivity contribution in [3.63, 3.8) is 0 Å². The number of carboxylic acids is 1. The lowest BCUT2D eigenvalue weighted by Crippen LogP contribution is -2.41. The van der Waals surface area contributed by atoms with Crippen LogP contribution in [0.15, 0.2) is 73.1 Å². The van der Waals surface area contributed by atoms with Gasteiger partial charge < -0.3 is 19.9 Å². The first-order valence-electron chi connectivity index (χ1n) is 9.98. The summed E-state index contributed by atoms with van der Waals surface area (Å²) in [6.07, 6.45) is 5.49. The van der Waals surface area contributed by atoms with Gasteiger partial charge in [-0.05, 0) is 60.4 Å². The molecule has 0 saturated carbocycles. The first-order valence-corrected chi connectivity index (χ1v) is 11.4. The molecule has 166 valence electrons. The summed E-state index contributed by atoms with van der Waals surface area (Å²) >= 11 is 1.52. The van der Waals surface area contributed by atoms with Gasteiger partial charge in [0.05, 0.1) is 11.8 Å². The van der Waals surface area contributed by atoms with E-state index in [-0.39, 0.29) is 12.2 Å². The normalized spacial score (nSPS) is 11.4. The molecule has 0 unspecified atom stereocenters. The second kappa shape index (κ2) is 11.8. The van der Waals surface area contributed by atoms with Crippen LogP contribution in [0.5, 0.6) is 17.2 Å². The molecule has 0 bridgehead atoms. The van der Waals surface area contributed by atoms with Gasteiger partial charge in [-0.25, -0.2) is 4.79 Å². The smallest absolute Gasteiger partial charge is 0.326 e. The number of aliphatic carboxylic acids is 1. The van der Waals surface area contributed by atoms with E-state index < -0.39 is 17.9 Å². The zero-order valence-electron chi connectivity index (χ0n) is 17.6. The van der Waals surface area contributed by atoms with Gasteiger partial charge in [0.1, 0.15) is 29.9 Å². The fourth-order valence-corrected chi connectivity index (χ4v) is 3.34. The number of carbonyl (C=O) groups is 2. The number of nitrogens with one attached hydrogen (secondary N) is 1. The molecule has 0 spiro atoms. The van der Waals surface area contributed by atoms with Crippen molar-refractivity contribution < 1.29 is 24.2 Å². The molecule has 2 N–H and O–H groups in total. The van der Waals surface area contributed by atoms with Crippen molar-refractivity contribution in [2.24, 2.45) is 0 Å². The van der Waals surface area contributed by atoms with Crippen molar-refractivity contribution in [3.8, 4) is 17.2 Å². The number of hydrogen-bond donors (Lipinski definition) is 2. The number of carboxylic acid groups (broad SMARTS) is 1. The number of nitrogens with zero attached hydrogens (tertiary/aromatic N) is 1. The van der Waals surface area contributed by atoms with E-state index in [2.05, 4.69) is 10.3 Å². The van der Waals surface area contributed by atoms with Crippen molar-refractivity contribution in [2.75, 3.05) is 12.0 Å². The largest absolute Gasteiger partial charge is 0.487 e. The monoisotopic (exact) mass is 452 g/mol. The third-order valence-corrected chi connectivity index (χ3v) is 5.16. The molecule has 7 nitrogen and oxygen atoms in total. The van der Waals surface area contributed by atoms with Gasteiger partial charge in [0.15, 0.2) is 0 Å². The van der Waals surface area contributed by atoms with Gasteiger partial charge in [0.2, 0.25) is 0 Å². The number of rotatable bonds is 11. The van der Waals surface area contributed by atoms with Crippen LogP contribution >= 0.6 is 11.8 Å². The summed E-state index contributed by atoms with van der Waals surface area (Å²) in [6, 6.07) is 16.8. The molecule has 2 aromatic carbocycles. The van der Waals surface area contributed by atoms with Crippen molar-refractivity contribution in [3.05, 3.63) is 84.2 Å². The predicted octanol–water partition coefficient (Wildman–Crippen LogP) is 4.39. The summed E-state index contributed by atoms with van der Waals surface area (Å²) in [4.78, 5) is 28.5. The molecule has 8 heteroatoms. The molecule has 1 atom stereocenters. The lowest BCUT2D eigenvalue weighted by Gasteiger charge is -2.17. The van der Waals surface area contributed by atoms with Crippen LogP contribution in [0, 0.1) is 0 Å². The predicted molar refractivity (Wildman–Crippen MR) is 123 cm³/mol. The highest BCUT2D eigenvalue weighted by molar-refractivity contribution is 7.98. The minimum atomic E-state index is -1.07. The van der Waals surface area contributed by atoms with Crippen molar-refractivity contribution in [1.82, 2.24) is 10.3 Å². The zero-order valence-corrected chi connectivity index (χ0v) is 18.4. The van der Waals surface area contributed by atoms with Gasteiger partial charge in [-0.3, -0.25) is 9.78 Å². The SMILES string of the molecule is CSCC[C@H](NC(=O)c1ccc(COc2cccnc2)cc1Oc1ccccc1)C(=O)O. The molecule has 0 fully saturated rings. The lowest BCUT2D eigenvalue weighted by atomic mass is 10.1. The summed E-state index contributed by atoms with van der Waals surface area (Å²) in [5, 5.41) is 12.0. The van der Waals surface area contributed by atoms with Gasteiger partial charge in [0, 0.05) is 6.20 Å². The minimum absolute atomic E-state index is 0.245. The van der Waals surface area contributed by atoms with Gasteiger partial charge in [-0.15, -0.1) is 0 Å².